The minimum Gasteiger partial charge on any atom is -0.370 e. The molecule has 34 heavy (non-hydrogen) atoms. The fourth-order valence-corrected chi connectivity index (χ4v) is 6.07. The number of aryl methyl sites for hydroxylation is 1. The van der Waals surface area contributed by atoms with E-state index in [1.165, 1.54) is 23.1 Å². The first kappa shape index (κ1) is 22.8. The standard InChI is InChI=1S/C26H25N3O3S2/c1-16-8-7-11-18(12-16)29-24(31)22-19-13-26(2,3)32-14-20(19)34-23(22)28-25(29)33-15-21(30)27-17-9-5-4-6-10-17/h4-12H,13-15H2,1-3H3,(H,27,30). The summed E-state index contributed by atoms with van der Waals surface area (Å²) in [6, 6.07) is 17.1. The molecular weight excluding hydrogens is 466 g/mol. The molecule has 5 rings (SSSR count). The fourth-order valence-electron chi connectivity index (χ4n) is 4.11. The largest absolute Gasteiger partial charge is 0.370 e. The fraction of sp³-hybridized carbons (Fsp3) is 0.269. The Balaban J connectivity index is 1.57. The first-order valence-electron chi connectivity index (χ1n) is 11.1. The lowest BCUT2D eigenvalue weighted by molar-refractivity contribution is -0.113. The first-order valence-corrected chi connectivity index (χ1v) is 12.9. The first-order chi connectivity index (χ1) is 16.3. The van der Waals surface area contributed by atoms with Gasteiger partial charge in [-0.1, -0.05) is 42.1 Å². The van der Waals surface area contributed by atoms with Crippen molar-refractivity contribution in [2.24, 2.45) is 0 Å². The normalized spacial score (nSPS) is 14.7. The molecule has 0 aliphatic carbocycles. The van der Waals surface area contributed by atoms with Crippen LogP contribution in [0.2, 0.25) is 0 Å². The van der Waals surface area contributed by atoms with E-state index >= 15 is 0 Å². The SMILES string of the molecule is Cc1cccc(-n2c(SCC(=O)Nc3ccccc3)nc3sc4c(c3c2=O)CC(C)(C)OC4)c1. The van der Waals surface area contributed by atoms with Gasteiger partial charge in [0.15, 0.2) is 5.16 Å². The molecule has 1 aliphatic rings. The Bertz CT molecular complexity index is 1440. The summed E-state index contributed by atoms with van der Waals surface area (Å²) in [6.45, 7) is 6.56. The lowest BCUT2D eigenvalue weighted by Gasteiger charge is -2.29. The third kappa shape index (κ3) is 4.53. The van der Waals surface area contributed by atoms with Crippen molar-refractivity contribution in [3.63, 3.8) is 0 Å². The highest BCUT2D eigenvalue weighted by Gasteiger charge is 2.31. The molecule has 8 heteroatoms. The van der Waals surface area contributed by atoms with Crippen LogP contribution in [-0.4, -0.2) is 26.8 Å². The molecule has 4 aromatic rings. The van der Waals surface area contributed by atoms with Crippen LogP contribution in [0.1, 0.15) is 29.9 Å². The van der Waals surface area contributed by atoms with E-state index in [2.05, 4.69) is 5.32 Å². The number of ether oxygens (including phenoxy) is 1. The zero-order valence-corrected chi connectivity index (χ0v) is 20.9. The molecule has 3 heterocycles. The van der Waals surface area contributed by atoms with Gasteiger partial charge >= 0.3 is 0 Å². The molecule has 0 radical (unpaired) electrons. The number of amides is 1. The third-order valence-corrected chi connectivity index (χ3v) is 7.76. The molecule has 0 unspecified atom stereocenters. The van der Waals surface area contributed by atoms with Crippen LogP contribution >= 0.6 is 23.1 Å². The minimum atomic E-state index is -0.329. The van der Waals surface area contributed by atoms with Gasteiger partial charge in [0.2, 0.25) is 5.91 Å². The Morgan fingerprint density at radius 3 is 2.76 bits per heavy atom. The van der Waals surface area contributed by atoms with Gasteiger partial charge in [-0.3, -0.25) is 14.2 Å². The van der Waals surface area contributed by atoms with Crippen molar-refractivity contribution >= 4 is 44.9 Å². The van der Waals surface area contributed by atoms with Crippen molar-refractivity contribution in [3.05, 3.63) is 81.0 Å². The van der Waals surface area contributed by atoms with Crippen molar-refractivity contribution in [2.75, 3.05) is 11.1 Å². The van der Waals surface area contributed by atoms with Crippen LogP contribution in [0, 0.1) is 6.92 Å². The number of thiophene rings is 1. The van der Waals surface area contributed by atoms with Crippen LogP contribution in [0.25, 0.3) is 15.9 Å². The minimum absolute atomic E-state index is 0.100. The van der Waals surface area contributed by atoms with E-state index in [1.807, 2.05) is 75.4 Å². The van der Waals surface area contributed by atoms with Crippen molar-refractivity contribution in [3.8, 4) is 5.69 Å². The number of nitrogens with one attached hydrogen (secondary N) is 1. The molecule has 0 fully saturated rings. The van der Waals surface area contributed by atoms with E-state index in [0.29, 0.717) is 28.4 Å². The van der Waals surface area contributed by atoms with Gasteiger partial charge in [-0.25, -0.2) is 4.98 Å². The lowest BCUT2D eigenvalue weighted by atomic mass is 9.94. The van der Waals surface area contributed by atoms with E-state index < -0.39 is 0 Å². The highest BCUT2D eigenvalue weighted by Crippen LogP contribution is 2.38. The highest BCUT2D eigenvalue weighted by atomic mass is 32.2. The zero-order valence-electron chi connectivity index (χ0n) is 19.3. The summed E-state index contributed by atoms with van der Waals surface area (Å²) in [5, 5.41) is 4.06. The van der Waals surface area contributed by atoms with Gasteiger partial charge in [-0.15, -0.1) is 11.3 Å². The Hall–Kier alpha value is -2.94. The van der Waals surface area contributed by atoms with Gasteiger partial charge in [0.05, 0.1) is 29.0 Å². The monoisotopic (exact) mass is 491 g/mol. The molecule has 2 aromatic carbocycles. The van der Waals surface area contributed by atoms with Crippen LogP contribution in [0.15, 0.2) is 64.5 Å². The second kappa shape index (κ2) is 9.02. The highest BCUT2D eigenvalue weighted by molar-refractivity contribution is 7.99. The average molecular weight is 492 g/mol. The molecule has 0 saturated carbocycles. The summed E-state index contributed by atoms with van der Waals surface area (Å²) in [6.07, 6.45) is 0.666. The summed E-state index contributed by atoms with van der Waals surface area (Å²) in [5.41, 5.74) is 3.14. The van der Waals surface area contributed by atoms with Crippen LogP contribution in [0.5, 0.6) is 0 Å². The van der Waals surface area contributed by atoms with Crippen molar-refractivity contribution in [1.82, 2.24) is 9.55 Å². The van der Waals surface area contributed by atoms with Crippen molar-refractivity contribution in [2.45, 2.75) is 44.6 Å². The summed E-state index contributed by atoms with van der Waals surface area (Å²) in [4.78, 5) is 33.2. The van der Waals surface area contributed by atoms with Crippen LogP contribution in [0.3, 0.4) is 0 Å². The van der Waals surface area contributed by atoms with Gasteiger partial charge < -0.3 is 10.1 Å². The van der Waals surface area contributed by atoms with Gasteiger partial charge in [-0.05, 0) is 56.2 Å². The van der Waals surface area contributed by atoms with Gasteiger partial charge in [0, 0.05) is 17.0 Å². The number of rotatable bonds is 5. The molecule has 0 spiro atoms. The predicted molar refractivity (Wildman–Crippen MR) is 138 cm³/mol. The van der Waals surface area contributed by atoms with Crippen LogP contribution < -0.4 is 10.9 Å². The van der Waals surface area contributed by atoms with Crippen molar-refractivity contribution in [1.29, 1.82) is 0 Å². The van der Waals surface area contributed by atoms with Crippen molar-refractivity contribution < 1.29 is 9.53 Å². The smallest absolute Gasteiger partial charge is 0.267 e. The molecule has 1 aliphatic heterocycles. The van der Waals surface area contributed by atoms with E-state index in [4.69, 9.17) is 9.72 Å². The predicted octanol–water partition coefficient (Wildman–Crippen LogP) is 5.34. The lowest BCUT2D eigenvalue weighted by Crippen LogP contribution is -2.32. The number of aromatic nitrogens is 2. The molecule has 0 atom stereocenters. The number of anilines is 1. The van der Waals surface area contributed by atoms with E-state index in [-0.39, 0.29) is 22.8 Å². The van der Waals surface area contributed by atoms with Crippen LogP contribution in [0.4, 0.5) is 5.69 Å². The number of para-hydroxylation sites is 1. The number of hydrogen-bond donors (Lipinski definition) is 1. The zero-order chi connectivity index (χ0) is 23.9. The molecule has 1 N–H and O–H groups in total. The summed E-state index contributed by atoms with van der Waals surface area (Å²) in [7, 11) is 0. The number of nitrogens with zero attached hydrogens (tertiary/aromatic N) is 2. The number of hydrogen-bond acceptors (Lipinski definition) is 6. The molecule has 174 valence electrons. The van der Waals surface area contributed by atoms with E-state index in [1.54, 1.807) is 4.57 Å². The van der Waals surface area contributed by atoms with Crippen LogP contribution in [-0.2, 0) is 22.6 Å². The second-order valence-electron chi connectivity index (χ2n) is 8.99. The molecular formula is C26H25N3O3S2. The summed E-state index contributed by atoms with van der Waals surface area (Å²) >= 11 is 2.77. The summed E-state index contributed by atoms with van der Waals surface area (Å²) < 4.78 is 7.62. The molecule has 0 saturated heterocycles. The topological polar surface area (TPSA) is 73.2 Å². The number of fused-ring (bicyclic) bond motifs is 3. The van der Waals surface area contributed by atoms with Gasteiger partial charge in [0.25, 0.3) is 5.56 Å². The Morgan fingerprint density at radius 2 is 2.00 bits per heavy atom. The molecule has 1 amide bonds. The van der Waals surface area contributed by atoms with E-state index in [0.717, 1.165) is 27.4 Å². The maximum atomic E-state index is 13.9. The molecule has 6 nitrogen and oxygen atoms in total. The molecule has 0 bridgehead atoms. The summed E-state index contributed by atoms with van der Waals surface area (Å²) in [5.74, 6) is -0.0122. The van der Waals surface area contributed by atoms with Gasteiger partial charge in [-0.2, -0.15) is 0 Å². The number of carbonyl (C=O) groups excluding carboxylic acids is 1. The Kier molecular flexibility index (Phi) is 6.06. The second-order valence-corrected chi connectivity index (χ2v) is 11.0. The van der Waals surface area contributed by atoms with Gasteiger partial charge in [0.1, 0.15) is 4.83 Å². The molecule has 2 aromatic heterocycles. The van der Waals surface area contributed by atoms with E-state index in [9.17, 15) is 9.59 Å². The third-order valence-electron chi connectivity index (χ3n) is 5.72. The Morgan fingerprint density at radius 1 is 1.21 bits per heavy atom. The number of benzene rings is 2. The average Bonchev–Trinajstić information content (AvgIpc) is 3.15. The maximum Gasteiger partial charge on any atom is 0.267 e. The quantitative estimate of drug-likeness (QED) is 0.301. The Labute approximate surface area is 206 Å². The number of carbonyl (C=O) groups is 1. The maximum absolute atomic E-state index is 13.9. The number of thioether (sulfide) groups is 1.